The summed E-state index contributed by atoms with van der Waals surface area (Å²) in [5.74, 6) is 0.0236. The predicted octanol–water partition coefficient (Wildman–Crippen LogP) is 3.58. The van der Waals surface area contributed by atoms with Gasteiger partial charge in [-0.05, 0) is 35.0 Å². The summed E-state index contributed by atoms with van der Waals surface area (Å²) < 4.78 is 5.27. The summed E-state index contributed by atoms with van der Waals surface area (Å²) in [5.41, 5.74) is 3.29. The minimum Gasteiger partial charge on any atom is -0.482 e. The molecule has 0 bridgehead atoms. The number of hydrazone groups is 1. The number of hydrogen-bond donors (Lipinski definition) is 1. The summed E-state index contributed by atoms with van der Waals surface area (Å²) in [6.45, 7) is -0.178. The van der Waals surface area contributed by atoms with Crippen molar-refractivity contribution in [1.29, 1.82) is 0 Å². The Morgan fingerprint density at radius 2 is 2.25 bits per heavy atom. The third-order valence-electron chi connectivity index (χ3n) is 2.20. The first-order chi connectivity index (χ1) is 9.65. The topological polar surface area (TPSA) is 50.7 Å². The Balaban J connectivity index is 1.80. The van der Waals surface area contributed by atoms with Crippen LogP contribution in [-0.2, 0) is 4.79 Å². The molecule has 0 saturated heterocycles. The SMILES string of the molecule is O=C(COc1ccc(Cl)cc1Cl)N/N=C\c1ccsc1. The molecule has 20 heavy (non-hydrogen) atoms. The zero-order valence-corrected chi connectivity index (χ0v) is 12.5. The van der Waals surface area contributed by atoms with Gasteiger partial charge >= 0.3 is 0 Å². The summed E-state index contributed by atoms with van der Waals surface area (Å²) in [5, 5.41) is 8.51. The third kappa shape index (κ3) is 4.52. The second-order valence-electron chi connectivity index (χ2n) is 3.71. The average Bonchev–Trinajstić information content (AvgIpc) is 2.91. The van der Waals surface area contributed by atoms with Gasteiger partial charge in [-0.2, -0.15) is 16.4 Å². The summed E-state index contributed by atoms with van der Waals surface area (Å²) in [4.78, 5) is 11.5. The van der Waals surface area contributed by atoms with Crippen LogP contribution >= 0.6 is 34.5 Å². The first-order valence-electron chi connectivity index (χ1n) is 5.57. The Bertz CT molecular complexity index is 615. The van der Waals surface area contributed by atoms with E-state index >= 15 is 0 Å². The summed E-state index contributed by atoms with van der Waals surface area (Å²) >= 11 is 13.2. The molecule has 2 rings (SSSR count). The number of benzene rings is 1. The fourth-order valence-corrected chi connectivity index (χ4v) is 2.37. The highest BCUT2D eigenvalue weighted by Gasteiger charge is 2.05. The van der Waals surface area contributed by atoms with E-state index in [4.69, 9.17) is 27.9 Å². The molecule has 1 amide bonds. The van der Waals surface area contributed by atoms with Gasteiger partial charge in [0.2, 0.25) is 0 Å². The van der Waals surface area contributed by atoms with Crippen LogP contribution in [0.2, 0.25) is 10.0 Å². The van der Waals surface area contributed by atoms with E-state index < -0.39 is 0 Å². The summed E-state index contributed by atoms with van der Waals surface area (Å²) in [6.07, 6.45) is 1.56. The van der Waals surface area contributed by atoms with Crippen molar-refractivity contribution >= 4 is 46.7 Å². The van der Waals surface area contributed by atoms with Gasteiger partial charge in [0.25, 0.3) is 5.91 Å². The average molecular weight is 329 g/mol. The largest absolute Gasteiger partial charge is 0.482 e. The normalized spacial score (nSPS) is 10.7. The van der Waals surface area contributed by atoms with Crippen molar-refractivity contribution in [3.8, 4) is 5.75 Å². The van der Waals surface area contributed by atoms with Gasteiger partial charge < -0.3 is 4.74 Å². The molecule has 1 aromatic carbocycles. The molecule has 0 fully saturated rings. The van der Waals surface area contributed by atoms with Crippen molar-refractivity contribution in [3.05, 3.63) is 50.6 Å². The molecule has 7 heteroatoms. The molecular formula is C13H10Cl2N2O2S. The van der Waals surface area contributed by atoms with Crippen LogP contribution in [0.15, 0.2) is 40.1 Å². The lowest BCUT2D eigenvalue weighted by Gasteiger charge is -2.06. The van der Waals surface area contributed by atoms with E-state index in [0.717, 1.165) is 5.56 Å². The number of amides is 1. The van der Waals surface area contributed by atoms with Gasteiger partial charge in [-0.25, -0.2) is 5.43 Å². The Kier molecular flexibility index (Phi) is 5.40. The Morgan fingerprint density at radius 1 is 1.40 bits per heavy atom. The van der Waals surface area contributed by atoms with Gasteiger partial charge in [-0.15, -0.1) is 0 Å². The molecule has 0 spiro atoms. The lowest BCUT2D eigenvalue weighted by molar-refractivity contribution is -0.123. The maximum absolute atomic E-state index is 11.5. The molecule has 4 nitrogen and oxygen atoms in total. The first-order valence-corrected chi connectivity index (χ1v) is 7.27. The zero-order valence-electron chi connectivity index (χ0n) is 10.2. The number of halogens is 2. The molecule has 104 valence electrons. The van der Waals surface area contributed by atoms with Crippen LogP contribution in [0.3, 0.4) is 0 Å². The van der Waals surface area contributed by atoms with E-state index in [1.54, 1.807) is 35.8 Å². The second kappa shape index (κ2) is 7.28. The molecule has 0 unspecified atom stereocenters. The van der Waals surface area contributed by atoms with Crippen molar-refractivity contribution < 1.29 is 9.53 Å². The van der Waals surface area contributed by atoms with Crippen LogP contribution in [0.1, 0.15) is 5.56 Å². The smallest absolute Gasteiger partial charge is 0.277 e. The Hall–Kier alpha value is -1.56. The summed E-state index contributed by atoms with van der Waals surface area (Å²) in [6, 6.07) is 6.68. The third-order valence-corrected chi connectivity index (χ3v) is 3.43. The van der Waals surface area contributed by atoms with Crippen LogP contribution in [0, 0.1) is 0 Å². The van der Waals surface area contributed by atoms with Crippen molar-refractivity contribution in [2.24, 2.45) is 5.10 Å². The fraction of sp³-hybridized carbons (Fsp3) is 0.0769. The number of carbonyl (C=O) groups is 1. The van der Waals surface area contributed by atoms with E-state index in [-0.39, 0.29) is 12.5 Å². The quantitative estimate of drug-likeness (QED) is 0.673. The van der Waals surface area contributed by atoms with E-state index in [2.05, 4.69) is 10.5 Å². The second-order valence-corrected chi connectivity index (χ2v) is 5.34. The molecule has 0 atom stereocenters. The highest BCUT2D eigenvalue weighted by molar-refractivity contribution is 7.08. The molecular weight excluding hydrogens is 319 g/mol. The van der Waals surface area contributed by atoms with Crippen molar-refractivity contribution in [2.45, 2.75) is 0 Å². The molecule has 0 radical (unpaired) electrons. The minimum atomic E-state index is -0.373. The molecule has 1 heterocycles. The van der Waals surface area contributed by atoms with Gasteiger partial charge in [-0.3, -0.25) is 4.79 Å². The highest BCUT2D eigenvalue weighted by atomic mass is 35.5. The van der Waals surface area contributed by atoms with E-state index in [9.17, 15) is 4.79 Å². The van der Waals surface area contributed by atoms with Gasteiger partial charge in [-0.1, -0.05) is 23.2 Å². The molecule has 0 aliphatic rings. The standard InChI is InChI=1S/C13H10Cl2N2O2S/c14-10-1-2-12(11(15)5-10)19-7-13(18)17-16-6-9-3-4-20-8-9/h1-6,8H,7H2,(H,17,18)/b16-6-. The van der Waals surface area contributed by atoms with Crippen molar-refractivity contribution in [2.75, 3.05) is 6.61 Å². The molecule has 0 aliphatic carbocycles. The number of nitrogens with one attached hydrogen (secondary N) is 1. The van der Waals surface area contributed by atoms with Gasteiger partial charge in [0.15, 0.2) is 6.61 Å². The zero-order chi connectivity index (χ0) is 14.4. The van der Waals surface area contributed by atoms with Crippen LogP contribution < -0.4 is 10.2 Å². The number of nitrogens with zero attached hydrogens (tertiary/aromatic N) is 1. The van der Waals surface area contributed by atoms with Gasteiger partial charge in [0.05, 0.1) is 11.2 Å². The monoisotopic (exact) mass is 328 g/mol. The lowest BCUT2D eigenvalue weighted by Crippen LogP contribution is -2.24. The number of carbonyl (C=O) groups excluding carboxylic acids is 1. The van der Waals surface area contributed by atoms with Crippen LogP contribution in [0.4, 0.5) is 0 Å². The van der Waals surface area contributed by atoms with Crippen molar-refractivity contribution in [1.82, 2.24) is 5.43 Å². The number of ether oxygens (including phenoxy) is 1. The summed E-state index contributed by atoms with van der Waals surface area (Å²) in [7, 11) is 0. The molecule has 1 aromatic heterocycles. The molecule has 2 aromatic rings. The molecule has 0 saturated carbocycles. The van der Waals surface area contributed by atoms with Crippen molar-refractivity contribution in [3.63, 3.8) is 0 Å². The molecule has 1 N–H and O–H groups in total. The molecule has 0 aliphatic heterocycles. The number of hydrogen-bond acceptors (Lipinski definition) is 4. The minimum absolute atomic E-state index is 0.178. The van der Waals surface area contributed by atoms with E-state index in [1.807, 2.05) is 16.8 Å². The van der Waals surface area contributed by atoms with Crippen LogP contribution in [0.25, 0.3) is 0 Å². The van der Waals surface area contributed by atoms with Gasteiger partial charge in [0, 0.05) is 10.6 Å². The number of rotatable bonds is 5. The van der Waals surface area contributed by atoms with E-state index in [0.29, 0.717) is 15.8 Å². The lowest BCUT2D eigenvalue weighted by atomic mass is 10.3. The first kappa shape index (κ1) is 14.8. The Labute approximate surface area is 130 Å². The Morgan fingerprint density at radius 3 is 2.95 bits per heavy atom. The van der Waals surface area contributed by atoms with E-state index in [1.165, 1.54) is 0 Å². The maximum Gasteiger partial charge on any atom is 0.277 e. The maximum atomic E-state index is 11.5. The van der Waals surface area contributed by atoms with Crippen LogP contribution in [0.5, 0.6) is 5.75 Å². The predicted molar refractivity (Wildman–Crippen MR) is 82.0 cm³/mol. The fourth-order valence-electron chi connectivity index (χ4n) is 1.30. The highest BCUT2D eigenvalue weighted by Crippen LogP contribution is 2.27. The number of thiophene rings is 1. The van der Waals surface area contributed by atoms with Crippen LogP contribution in [-0.4, -0.2) is 18.7 Å². The van der Waals surface area contributed by atoms with Gasteiger partial charge in [0.1, 0.15) is 5.75 Å².